The summed E-state index contributed by atoms with van der Waals surface area (Å²) in [5, 5.41) is -0.0762. The number of fused-ring (bicyclic) bond motifs is 2. The molecule has 208 valence electrons. The van der Waals surface area contributed by atoms with Crippen LogP contribution in [0.4, 0.5) is 23.4 Å². The van der Waals surface area contributed by atoms with E-state index in [-0.39, 0.29) is 85.2 Å². The predicted molar refractivity (Wildman–Crippen MR) is 136 cm³/mol. The van der Waals surface area contributed by atoms with Crippen molar-refractivity contribution < 1.29 is 31.9 Å². The first-order valence-electron chi connectivity index (χ1n) is 12.4. The number of aromatic nitrogens is 1. The maximum Gasteiger partial charge on any atom is 0.460 e. The monoisotopic (exact) mass is 567 g/mol. The molecule has 2 amide bonds. The molecule has 0 saturated carbocycles. The van der Waals surface area contributed by atoms with Crippen LogP contribution in [0.2, 0.25) is 5.02 Å². The zero-order valence-corrected chi connectivity index (χ0v) is 21.8. The third-order valence-electron chi connectivity index (χ3n) is 7.33. The molecule has 0 radical (unpaired) electrons. The number of pyridine rings is 1. The molecule has 0 unspecified atom stereocenters. The third kappa shape index (κ3) is 4.91. The van der Waals surface area contributed by atoms with Gasteiger partial charge in [0.15, 0.2) is 5.75 Å². The van der Waals surface area contributed by atoms with Crippen molar-refractivity contribution in [3.63, 3.8) is 0 Å². The van der Waals surface area contributed by atoms with E-state index >= 15 is 0 Å². The number of benzene rings is 1. The van der Waals surface area contributed by atoms with Gasteiger partial charge < -0.3 is 19.4 Å². The summed E-state index contributed by atoms with van der Waals surface area (Å²) >= 11 is 6.72. The largest absolute Gasteiger partial charge is 0.489 e. The average molecular weight is 568 g/mol. The van der Waals surface area contributed by atoms with E-state index in [0.717, 1.165) is 0 Å². The lowest BCUT2D eigenvalue weighted by atomic mass is 10.0. The molecule has 2 fully saturated rings. The molecule has 39 heavy (non-hydrogen) atoms. The minimum absolute atomic E-state index is 0.00302. The molecule has 2 aromatic rings. The first-order valence-corrected chi connectivity index (χ1v) is 12.8. The Kier molecular flexibility index (Phi) is 7.19. The normalized spacial score (nSPS) is 22.1. The minimum Gasteiger partial charge on any atom is -0.489 e. The minimum atomic E-state index is -4.50. The van der Waals surface area contributed by atoms with Gasteiger partial charge in [0.05, 0.1) is 11.7 Å². The Balaban J connectivity index is 1.62. The Morgan fingerprint density at radius 1 is 1.15 bits per heavy atom. The smallest absolute Gasteiger partial charge is 0.460 e. The standard InChI is InChI=1S/C26H26ClF4N5O3/c1-3-19(37)33-8-10-36-16(13-33)14-39-23-20(25(36)38)24(35-11-9-34(12-15(35)2)26(29,30)31)32-22(21(23)27)17-6-4-5-7-18(17)28/h3-7,15-16H,1,8-14H2,2H3/t15-,16+/m0/s1. The van der Waals surface area contributed by atoms with Crippen LogP contribution in [-0.2, 0) is 4.79 Å². The molecule has 0 spiro atoms. The van der Waals surface area contributed by atoms with E-state index in [1.807, 2.05) is 0 Å². The number of rotatable bonds is 3. The topological polar surface area (TPSA) is 69.2 Å². The number of nitrogens with zero attached hydrogens (tertiary/aromatic N) is 5. The lowest BCUT2D eigenvalue weighted by Gasteiger charge is -2.42. The third-order valence-corrected chi connectivity index (χ3v) is 7.68. The Bertz CT molecular complexity index is 1320. The highest BCUT2D eigenvalue weighted by Gasteiger charge is 2.44. The molecule has 13 heteroatoms. The zero-order valence-electron chi connectivity index (χ0n) is 21.0. The fraction of sp³-hybridized carbons (Fsp3) is 0.423. The Labute approximate surface area is 227 Å². The summed E-state index contributed by atoms with van der Waals surface area (Å²) in [6.45, 7) is 5.01. The highest BCUT2D eigenvalue weighted by molar-refractivity contribution is 6.35. The molecule has 1 aromatic heterocycles. The number of carbonyl (C=O) groups is 2. The van der Waals surface area contributed by atoms with Crippen molar-refractivity contribution in [2.24, 2.45) is 0 Å². The Morgan fingerprint density at radius 2 is 1.87 bits per heavy atom. The van der Waals surface area contributed by atoms with Gasteiger partial charge in [0.25, 0.3) is 5.91 Å². The maximum absolute atomic E-state index is 14.9. The van der Waals surface area contributed by atoms with Crippen LogP contribution in [0, 0.1) is 5.82 Å². The molecule has 5 rings (SSSR count). The van der Waals surface area contributed by atoms with E-state index in [1.54, 1.807) is 27.7 Å². The summed E-state index contributed by atoms with van der Waals surface area (Å²) in [7, 11) is 0. The molecule has 8 nitrogen and oxygen atoms in total. The van der Waals surface area contributed by atoms with Crippen molar-refractivity contribution in [2.45, 2.75) is 25.3 Å². The van der Waals surface area contributed by atoms with Crippen LogP contribution < -0.4 is 9.64 Å². The van der Waals surface area contributed by atoms with Crippen molar-refractivity contribution in [3.05, 3.63) is 53.3 Å². The number of carbonyl (C=O) groups excluding carboxylic acids is 2. The second kappa shape index (κ2) is 10.3. The van der Waals surface area contributed by atoms with Crippen LogP contribution in [0.5, 0.6) is 5.75 Å². The second-order valence-electron chi connectivity index (χ2n) is 9.69. The van der Waals surface area contributed by atoms with E-state index in [9.17, 15) is 27.2 Å². The van der Waals surface area contributed by atoms with E-state index in [4.69, 9.17) is 16.3 Å². The van der Waals surface area contributed by atoms with Crippen molar-refractivity contribution >= 4 is 29.2 Å². The van der Waals surface area contributed by atoms with Crippen LogP contribution in [0.25, 0.3) is 11.3 Å². The lowest BCUT2D eigenvalue weighted by molar-refractivity contribution is -0.248. The summed E-state index contributed by atoms with van der Waals surface area (Å²) in [4.78, 5) is 36.0. The van der Waals surface area contributed by atoms with Gasteiger partial charge in [-0.2, -0.15) is 13.2 Å². The first kappa shape index (κ1) is 27.2. The van der Waals surface area contributed by atoms with Gasteiger partial charge in [-0.05, 0) is 25.1 Å². The Hall–Kier alpha value is -3.38. The molecule has 3 aliphatic heterocycles. The number of ether oxygens (including phenoxy) is 1. The summed E-state index contributed by atoms with van der Waals surface area (Å²) in [6, 6.07) is 4.61. The molecular formula is C26H26ClF4N5O3. The van der Waals surface area contributed by atoms with Gasteiger partial charge in [0.2, 0.25) is 5.91 Å². The number of alkyl halides is 3. The molecule has 0 N–H and O–H groups in total. The molecule has 2 saturated heterocycles. The lowest BCUT2D eigenvalue weighted by Crippen LogP contribution is -2.58. The van der Waals surface area contributed by atoms with Gasteiger partial charge in [-0.3, -0.25) is 9.59 Å². The molecule has 3 aliphatic rings. The number of anilines is 1. The molecule has 0 bridgehead atoms. The van der Waals surface area contributed by atoms with Gasteiger partial charge >= 0.3 is 6.30 Å². The highest BCUT2D eigenvalue weighted by atomic mass is 35.5. The zero-order chi connectivity index (χ0) is 28.1. The van der Waals surface area contributed by atoms with Crippen LogP contribution in [0.1, 0.15) is 17.3 Å². The Morgan fingerprint density at radius 3 is 2.54 bits per heavy atom. The van der Waals surface area contributed by atoms with Crippen molar-refractivity contribution in [1.29, 1.82) is 0 Å². The number of hydrogen-bond donors (Lipinski definition) is 0. The van der Waals surface area contributed by atoms with Crippen molar-refractivity contribution in [3.8, 4) is 17.0 Å². The second-order valence-corrected chi connectivity index (χ2v) is 10.1. The molecule has 4 heterocycles. The van der Waals surface area contributed by atoms with Crippen LogP contribution in [0.15, 0.2) is 36.9 Å². The maximum atomic E-state index is 14.9. The number of hydrogen-bond acceptors (Lipinski definition) is 6. The van der Waals surface area contributed by atoms with Gasteiger partial charge in [0, 0.05) is 50.9 Å². The van der Waals surface area contributed by atoms with Crippen molar-refractivity contribution in [1.82, 2.24) is 19.7 Å². The van der Waals surface area contributed by atoms with Gasteiger partial charge in [-0.25, -0.2) is 14.3 Å². The van der Waals surface area contributed by atoms with Crippen LogP contribution >= 0.6 is 11.6 Å². The predicted octanol–water partition coefficient (Wildman–Crippen LogP) is 3.80. The molecule has 1 aromatic carbocycles. The fourth-order valence-corrected chi connectivity index (χ4v) is 5.61. The summed E-state index contributed by atoms with van der Waals surface area (Å²) < 4.78 is 61.3. The SMILES string of the molecule is C=CC(=O)N1CCN2C(=O)c3c(N4CCN(C(F)(F)F)C[C@@H]4C)nc(-c4ccccc4F)c(Cl)c3OC[C@H]2C1. The average Bonchev–Trinajstić information content (AvgIpc) is 3.05. The van der Waals surface area contributed by atoms with Gasteiger partial charge in [-0.15, -0.1) is 0 Å². The first-order chi connectivity index (χ1) is 18.5. The molecular weight excluding hydrogens is 542 g/mol. The van der Waals surface area contributed by atoms with Crippen LogP contribution in [0.3, 0.4) is 0 Å². The quantitative estimate of drug-likeness (QED) is 0.319. The van der Waals surface area contributed by atoms with Gasteiger partial charge in [-0.1, -0.05) is 30.3 Å². The number of amides is 2. The van der Waals surface area contributed by atoms with Gasteiger partial charge in [0.1, 0.15) is 28.8 Å². The molecule has 0 aliphatic carbocycles. The van der Waals surface area contributed by atoms with Crippen molar-refractivity contribution in [2.75, 3.05) is 50.8 Å². The molecule has 2 atom stereocenters. The highest BCUT2D eigenvalue weighted by Crippen LogP contribution is 2.44. The van der Waals surface area contributed by atoms with E-state index in [0.29, 0.717) is 4.90 Å². The van der Waals surface area contributed by atoms with E-state index < -0.39 is 30.1 Å². The van der Waals surface area contributed by atoms with E-state index in [1.165, 1.54) is 24.3 Å². The van der Waals surface area contributed by atoms with E-state index in [2.05, 4.69) is 11.6 Å². The number of piperazine rings is 2. The fourth-order valence-electron chi connectivity index (χ4n) is 5.32. The van der Waals surface area contributed by atoms with Crippen LogP contribution in [-0.4, -0.2) is 95.8 Å². The summed E-state index contributed by atoms with van der Waals surface area (Å²) in [6.07, 6.45) is -3.30. The summed E-state index contributed by atoms with van der Waals surface area (Å²) in [5.41, 5.74) is 0.0948. The number of halogens is 5. The summed E-state index contributed by atoms with van der Waals surface area (Å²) in [5.74, 6) is -1.28.